The van der Waals surface area contributed by atoms with Crippen molar-refractivity contribution in [1.29, 1.82) is 0 Å². The van der Waals surface area contributed by atoms with Gasteiger partial charge in [-0.2, -0.15) is 0 Å². The Kier molecular flexibility index (Phi) is 3.96. The fourth-order valence-corrected chi connectivity index (χ4v) is 2.36. The summed E-state index contributed by atoms with van der Waals surface area (Å²) in [6, 6.07) is 2.03. The first-order valence-corrected chi connectivity index (χ1v) is 6.07. The maximum Gasteiger partial charge on any atom is 0.133 e. The molecule has 0 radical (unpaired) electrons. The molecule has 0 aliphatic carbocycles. The molecule has 1 saturated heterocycles. The number of aromatic nitrogens is 1. The zero-order valence-electron chi connectivity index (χ0n) is 10.2. The number of nitrogens with one attached hydrogen (secondary N) is 1. The minimum absolute atomic E-state index is 0.847. The highest BCUT2D eigenvalue weighted by Crippen LogP contribution is 2.18. The van der Waals surface area contributed by atoms with Crippen molar-refractivity contribution in [1.82, 2.24) is 15.4 Å². The molecule has 1 fully saturated rings. The number of aryl methyl sites for hydroxylation is 1. The molecule has 0 spiro atoms. The number of rotatable bonds is 4. The quantitative estimate of drug-likeness (QED) is 0.838. The van der Waals surface area contributed by atoms with E-state index >= 15 is 0 Å². The van der Waals surface area contributed by atoms with Gasteiger partial charge in [-0.25, -0.2) is 0 Å². The van der Waals surface area contributed by atoms with Crippen molar-refractivity contribution >= 4 is 0 Å². The molecule has 1 aliphatic rings. The summed E-state index contributed by atoms with van der Waals surface area (Å²) in [6.45, 7) is 6.38. The SMILES string of the molecule is CNCC1CCN(Cc2cc(C)on2)CC1. The summed E-state index contributed by atoms with van der Waals surface area (Å²) in [6.07, 6.45) is 2.58. The van der Waals surface area contributed by atoms with Crippen molar-refractivity contribution in [2.75, 3.05) is 26.7 Å². The summed E-state index contributed by atoms with van der Waals surface area (Å²) >= 11 is 0. The van der Waals surface area contributed by atoms with E-state index < -0.39 is 0 Å². The largest absolute Gasteiger partial charge is 0.361 e. The summed E-state index contributed by atoms with van der Waals surface area (Å²) in [7, 11) is 2.03. The molecule has 1 N–H and O–H groups in total. The van der Waals surface area contributed by atoms with Gasteiger partial charge in [0.05, 0.1) is 5.69 Å². The Morgan fingerprint density at radius 3 is 2.81 bits per heavy atom. The number of likely N-dealkylation sites (tertiary alicyclic amines) is 1. The average molecular weight is 223 g/mol. The lowest BCUT2D eigenvalue weighted by Crippen LogP contribution is -2.36. The normalized spacial score (nSPS) is 19.1. The van der Waals surface area contributed by atoms with E-state index in [1.807, 2.05) is 20.0 Å². The molecule has 2 heterocycles. The van der Waals surface area contributed by atoms with Gasteiger partial charge in [-0.3, -0.25) is 4.90 Å². The van der Waals surface area contributed by atoms with Crippen LogP contribution in [0.2, 0.25) is 0 Å². The third-order valence-electron chi connectivity index (χ3n) is 3.26. The van der Waals surface area contributed by atoms with Gasteiger partial charge in [0, 0.05) is 12.6 Å². The maximum absolute atomic E-state index is 5.08. The zero-order chi connectivity index (χ0) is 11.4. The molecule has 1 aliphatic heterocycles. The molecule has 2 rings (SSSR count). The predicted molar refractivity (Wildman–Crippen MR) is 63.2 cm³/mol. The average Bonchev–Trinajstić information content (AvgIpc) is 2.67. The Morgan fingerprint density at radius 1 is 1.50 bits per heavy atom. The molecule has 0 saturated carbocycles. The molecule has 0 amide bonds. The van der Waals surface area contributed by atoms with Crippen LogP contribution in [0, 0.1) is 12.8 Å². The third-order valence-corrected chi connectivity index (χ3v) is 3.26. The van der Waals surface area contributed by atoms with E-state index in [0.717, 1.165) is 30.5 Å². The lowest BCUT2D eigenvalue weighted by molar-refractivity contribution is 0.173. The van der Waals surface area contributed by atoms with Crippen molar-refractivity contribution in [2.24, 2.45) is 5.92 Å². The van der Waals surface area contributed by atoms with Crippen LogP contribution in [0.25, 0.3) is 0 Å². The molecule has 1 aromatic heterocycles. The predicted octanol–water partition coefficient (Wildman–Crippen LogP) is 1.41. The van der Waals surface area contributed by atoms with Gasteiger partial charge < -0.3 is 9.84 Å². The van der Waals surface area contributed by atoms with Crippen LogP contribution in [-0.4, -0.2) is 36.7 Å². The van der Waals surface area contributed by atoms with Gasteiger partial charge in [0.2, 0.25) is 0 Å². The topological polar surface area (TPSA) is 41.3 Å². The summed E-state index contributed by atoms with van der Waals surface area (Å²) in [5.74, 6) is 1.75. The van der Waals surface area contributed by atoms with E-state index in [4.69, 9.17) is 4.52 Å². The van der Waals surface area contributed by atoms with Crippen LogP contribution in [0.3, 0.4) is 0 Å². The van der Waals surface area contributed by atoms with Gasteiger partial charge in [0.1, 0.15) is 5.76 Å². The minimum Gasteiger partial charge on any atom is -0.361 e. The monoisotopic (exact) mass is 223 g/mol. The molecular formula is C12H21N3O. The lowest BCUT2D eigenvalue weighted by Gasteiger charge is -2.31. The molecule has 1 aromatic rings. The summed E-state index contributed by atoms with van der Waals surface area (Å²) in [5, 5.41) is 7.30. The molecule has 4 nitrogen and oxygen atoms in total. The number of hydrogen-bond acceptors (Lipinski definition) is 4. The van der Waals surface area contributed by atoms with Crippen molar-refractivity contribution in [3.8, 4) is 0 Å². The van der Waals surface area contributed by atoms with Gasteiger partial charge in [-0.15, -0.1) is 0 Å². The van der Waals surface area contributed by atoms with Crippen LogP contribution in [0.5, 0.6) is 0 Å². The highest BCUT2D eigenvalue weighted by atomic mass is 16.5. The molecule has 0 atom stereocenters. The summed E-state index contributed by atoms with van der Waals surface area (Å²) < 4.78 is 5.08. The molecule has 90 valence electrons. The molecule has 16 heavy (non-hydrogen) atoms. The standard InChI is InChI=1S/C12H21N3O/c1-10-7-12(14-16-10)9-15-5-3-11(4-6-15)8-13-2/h7,11,13H,3-6,8-9H2,1-2H3. The lowest BCUT2D eigenvalue weighted by atomic mass is 9.97. The van der Waals surface area contributed by atoms with Crippen LogP contribution in [0.1, 0.15) is 24.3 Å². The fourth-order valence-electron chi connectivity index (χ4n) is 2.36. The van der Waals surface area contributed by atoms with Crippen LogP contribution < -0.4 is 5.32 Å². The van der Waals surface area contributed by atoms with E-state index in [9.17, 15) is 0 Å². The van der Waals surface area contributed by atoms with E-state index in [2.05, 4.69) is 15.4 Å². The Labute approximate surface area is 97.0 Å². The smallest absolute Gasteiger partial charge is 0.133 e. The van der Waals surface area contributed by atoms with Crippen molar-refractivity contribution in [2.45, 2.75) is 26.3 Å². The summed E-state index contributed by atoms with van der Waals surface area (Å²) in [4.78, 5) is 2.46. The first kappa shape index (κ1) is 11.6. The number of nitrogens with zero attached hydrogens (tertiary/aromatic N) is 2. The Morgan fingerprint density at radius 2 is 2.25 bits per heavy atom. The van der Waals surface area contributed by atoms with Crippen molar-refractivity contribution in [3.05, 3.63) is 17.5 Å². The Balaban J connectivity index is 1.77. The third kappa shape index (κ3) is 3.06. The van der Waals surface area contributed by atoms with Crippen molar-refractivity contribution < 1.29 is 4.52 Å². The highest BCUT2D eigenvalue weighted by molar-refractivity contribution is 5.03. The first-order valence-electron chi connectivity index (χ1n) is 6.07. The van der Waals surface area contributed by atoms with Gasteiger partial charge in [0.15, 0.2) is 0 Å². The van der Waals surface area contributed by atoms with E-state index in [0.29, 0.717) is 0 Å². The van der Waals surface area contributed by atoms with Gasteiger partial charge in [0.25, 0.3) is 0 Å². The minimum atomic E-state index is 0.847. The second-order valence-electron chi connectivity index (χ2n) is 4.71. The highest BCUT2D eigenvalue weighted by Gasteiger charge is 2.19. The van der Waals surface area contributed by atoms with Crippen LogP contribution in [0.4, 0.5) is 0 Å². The molecule has 4 heteroatoms. The Hall–Kier alpha value is -0.870. The fraction of sp³-hybridized carbons (Fsp3) is 0.750. The van der Waals surface area contributed by atoms with Crippen molar-refractivity contribution in [3.63, 3.8) is 0 Å². The van der Waals surface area contributed by atoms with E-state index in [1.165, 1.54) is 25.9 Å². The second-order valence-corrected chi connectivity index (χ2v) is 4.71. The number of piperidine rings is 1. The van der Waals surface area contributed by atoms with Crippen LogP contribution in [0.15, 0.2) is 10.6 Å². The second kappa shape index (κ2) is 5.46. The molecular weight excluding hydrogens is 202 g/mol. The van der Waals surface area contributed by atoms with Gasteiger partial charge in [-0.05, 0) is 52.4 Å². The van der Waals surface area contributed by atoms with Gasteiger partial charge in [-0.1, -0.05) is 5.16 Å². The van der Waals surface area contributed by atoms with Gasteiger partial charge >= 0.3 is 0 Å². The first-order chi connectivity index (χ1) is 7.78. The molecule has 0 bridgehead atoms. The van der Waals surface area contributed by atoms with E-state index in [1.54, 1.807) is 0 Å². The molecule has 0 aromatic carbocycles. The molecule has 0 unspecified atom stereocenters. The van der Waals surface area contributed by atoms with Crippen LogP contribution >= 0.6 is 0 Å². The van der Waals surface area contributed by atoms with E-state index in [-0.39, 0.29) is 0 Å². The maximum atomic E-state index is 5.08. The Bertz CT molecular complexity index is 316. The number of hydrogen-bond donors (Lipinski definition) is 1. The van der Waals surface area contributed by atoms with Crippen LogP contribution in [-0.2, 0) is 6.54 Å². The summed E-state index contributed by atoms with van der Waals surface area (Å²) in [5.41, 5.74) is 1.06. The zero-order valence-corrected chi connectivity index (χ0v) is 10.2.